The number of rotatable bonds is 5. The highest BCUT2D eigenvalue weighted by atomic mass is 35.5. The fourth-order valence-electron chi connectivity index (χ4n) is 3.26. The third-order valence-corrected chi connectivity index (χ3v) is 5.06. The first-order valence-electron chi connectivity index (χ1n) is 9.06. The number of amides is 1. The molecule has 3 rings (SSSR count). The summed E-state index contributed by atoms with van der Waals surface area (Å²) in [6.07, 6.45) is 0. The summed E-state index contributed by atoms with van der Waals surface area (Å²) >= 11 is 6.13. The Balaban J connectivity index is 1.50. The number of Topliss-reactive ketones (excluding diaryl/α,β-unsaturated/α-hetero) is 1. The van der Waals surface area contributed by atoms with E-state index < -0.39 is 0 Å². The summed E-state index contributed by atoms with van der Waals surface area (Å²) in [5.41, 5.74) is 3.72. The van der Waals surface area contributed by atoms with Gasteiger partial charge in [-0.1, -0.05) is 17.7 Å². The van der Waals surface area contributed by atoms with Crippen molar-refractivity contribution in [3.63, 3.8) is 0 Å². The number of anilines is 2. The highest BCUT2D eigenvalue weighted by Crippen LogP contribution is 2.25. The van der Waals surface area contributed by atoms with Crippen molar-refractivity contribution >= 4 is 34.7 Å². The molecule has 0 unspecified atom stereocenters. The van der Waals surface area contributed by atoms with E-state index in [9.17, 15) is 9.59 Å². The van der Waals surface area contributed by atoms with Crippen molar-refractivity contribution < 1.29 is 9.59 Å². The summed E-state index contributed by atoms with van der Waals surface area (Å²) in [5.74, 6) is -0.0290. The van der Waals surface area contributed by atoms with Crippen molar-refractivity contribution in [2.24, 2.45) is 0 Å². The van der Waals surface area contributed by atoms with Crippen LogP contribution < -0.4 is 10.2 Å². The molecule has 1 N–H and O–H groups in total. The average Bonchev–Trinajstić information content (AvgIpc) is 2.65. The summed E-state index contributed by atoms with van der Waals surface area (Å²) in [6, 6.07) is 12.9. The number of nitrogens with one attached hydrogen (secondary N) is 1. The fourth-order valence-corrected chi connectivity index (χ4v) is 3.43. The molecule has 2 aromatic rings. The Morgan fingerprint density at radius 1 is 1.04 bits per heavy atom. The van der Waals surface area contributed by atoms with Crippen LogP contribution in [0.25, 0.3) is 0 Å². The highest BCUT2D eigenvalue weighted by Gasteiger charge is 2.20. The predicted molar refractivity (Wildman–Crippen MR) is 110 cm³/mol. The van der Waals surface area contributed by atoms with Crippen LogP contribution in [0.5, 0.6) is 0 Å². The zero-order valence-corrected chi connectivity index (χ0v) is 16.4. The number of ketones is 1. The number of carbonyl (C=O) groups excluding carboxylic acids is 2. The van der Waals surface area contributed by atoms with Crippen molar-refractivity contribution in [1.82, 2.24) is 4.90 Å². The van der Waals surface area contributed by atoms with Gasteiger partial charge in [0.2, 0.25) is 5.91 Å². The topological polar surface area (TPSA) is 52.7 Å². The van der Waals surface area contributed by atoms with Crippen LogP contribution in [0.4, 0.5) is 11.4 Å². The molecule has 2 aromatic carbocycles. The van der Waals surface area contributed by atoms with Crippen molar-refractivity contribution in [3.05, 3.63) is 58.6 Å². The monoisotopic (exact) mass is 385 g/mol. The van der Waals surface area contributed by atoms with E-state index in [0.29, 0.717) is 17.8 Å². The molecular weight excluding hydrogens is 362 g/mol. The van der Waals surface area contributed by atoms with Crippen molar-refractivity contribution in [2.45, 2.75) is 13.8 Å². The van der Waals surface area contributed by atoms with Gasteiger partial charge in [0.25, 0.3) is 0 Å². The number of carbonyl (C=O) groups is 2. The van der Waals surface area contributed by atoms with Crippen LogP contribution in [0.15, 0.2) is 42.5 Å². The van der Waals surface area contributed by atoms with Crippen LogP contribution in [-0.2, 0) is 4.79 Å². The van der Waals surface area contributed by atoms with E-state index in [1.165, 1.54) is 12.5 Å². The molecule has 1 heterocycles. The first-order valence-corrected chi connectivity index (χ1v) is 9.44. The molecular formula is C21H24ClN3O2. The number of piperazine rings is 1. The lowest BCUT2D eigenvalue weighted by Gasteiger charge is -2.36. The standard InChI is InChI=1S/C21H24ClN3O2/c1-15-3-6-18(22)13-20(15)25-11-9-24(10-12-25)14-21(27)23-19-7-4-17(5-8-19)16(2)26/h3-8,13H,9-12,14H2,1-2H3,(H,23,27). The van der Waals surface area contributed by atoms with Gasteiger partial charge in [-0.15, -0.1) is 0 Å². The lowest BCUT2D eigenvalue weighted by atomic mass is 10.1. The van der Waals surface area contributed by atoms with Crippen molar-refractivity contribution in [1.29, 1.82) is 0 Å². The minimum Gasteiger partial charge on any atom is -0.369 e. The molecule has 5 nitrogen and oxygen atoms in total. The van der Waals surface area contributed by atoms with Crippen molar-refractivity contribution in [2.75, 3.05) is 42.9 Å². The zero-order valence-electron chi connectivity index (χ0n) is 15.7. The van der Waals surface area contributed by atoms with Crippen LogP contribution in [-0.4, -0.2) is 49.3 Å². The maximum absolute atomic E-state index is 12.3. The van der Waals surface area contributed by atoms with Gasteiger partial charge in [-0.05, 0) is 55.8 Å². The normalized spacial score (nSPS) is 14.9. The molecule has 1 aliphatic heterocycles. The molecule has 0 aliphatic carbocycles. The maximum Gasteiger partial charge on any atom is 0.238 e. The molecule has 1 amide bonds. The summed E-state index contributed by atoms with van der Waals surface area (Å²) in [5, 5.41) is 3.64. The van der Waals surface area contributed by atoms with Crippen LogP contribution in [0.2, 0.25) is 5.02 Å². The van der Waals surface area contributed by atoms with E-state index in [4.69, 9.17) is 11.6 Å². The van der Waals surface area contributed by atoms with Crippen LogP contribution in [0.3, 0.4) is 0 Å². The van der Waals surface area contributed by atoms with E-state index >= 15 is 0 Å². The number of hydrogen-bond acceptors (Lipinski definition) is 4. The molecule has 142 valence electrons. The first-order chi connectivity index (χ1) is 12.9. The molecule has 27 heavy (non-hydrogen) atoms. The maximum atomic E-state index is 12.3. The molecule has 0 aromatic heterocycles. The summed E-state index contributed by atoms with van der Waals surface area (Å²) in [4.78, 5) is 28.1. The Kier molecular flexibility index (Phi) is 6.14. The molecule has 0 bridgehead atoms. The molecule has 0 radical (unpaired) electrons. The Bertz CT molecular complexity index is 828. The number of benzene rings is 2. The Morgan fingerprint density at radius 3 is 2.33 bits per heavy atom. The van der Waals surface area contributed by atoms with E-state index in [1.54, 1.807) is 24.3 Å². The Morgan fingerprint density at radius 2 is 1.70 bits per heavy atom. The first kappa shape index (κ1) is 19.4. The van der Waals surface area contributed by atoms with Gasteiger partial charge in [-0.2, -0.15) is 0 Å². The number of nitrogens with zero attached hydrogens (tertiary/aromatic N) is 2. The van der Waals surface area contributed by atoms with E-state index in [0.717, 1.165) is 36.9 Å². The van der Waals surface area contributed by atoms with Gasteiger partial charge < -0.3 is 10.2 Å². The highest BCUT2D eigenvalue weighted by molar-refractivity contribution is 6.30. The zero-order chi connectivity index (χ0) is 19.4. The summed E-state index contributed by atoms with van der Waals surface area (Å²) < 4.78 is 0. The van der Waals surface area contributed by atoms with Gasteiger partial charge in [0, 0.05) is 48.1 Å². The minimum absolute atomic E-state index is 0.0145. The Hall–Kier alpha value is -2.37. The molecule has 1 saturated heterocycles. The summed E-state index contributed by atoms with van der Waals surface area (Å²) in [6.45, 7) is 7.34. The second-order valence-corrected chi connectivity index (χ2v) is 7.31. The van der Waals surface area contributed by atoms with Crippen LogP contribution in [0, 0.1) is 6.92 Å². The SMILES string of the molecule is CC(=O)c1ccc(NC(=O)CN2CCN(c3cc(Cl)ccc3C)CC2)cc1. The molecule has 0 spiro atoms. The smallest absolute Gasteiger partial charge is 0.238 e. The quantitative estimate of drug-likeness (QED) is 0.799. The van der Waals surface area contributed by atoms with Crippen LogP contribution in [0.1, 0.15) is 22.8 Å². The molecule has 0 atom stereocenters. The largest absolute Gasteiger partial charge is 0.369 e. The molecule has 1 fully saturated rings. The van der Waals surface area contributed by atoms with E-state index in [-0.39, 0.29) is 11.7 Å². The fraction of sp³-hybridized carbons (Fsp3) is 0.333. The van der Waals surface area contributed by atoms with Crippen LogP contribution >= 0.6 is 11.6 Å². The van der Waals surface area contributed by atoms with E-state index in [1.807, 2.05) is 18.2 Å². The van der Waals surface area contributed by atoms with Gasteiger partial charge in [0.05, 0.1) is 6.54 Å². The molecule has 0 saturated carbocycles. The van der Waals surface area contributed by atoms with Gasteiger partial charge >= 0.3 is 0 Å². The summed E-state index contributed by atoms with van der Waals surface area (Å²) in [7, 11) is 0. The predicted octanol–water partition coefficient (Wildman–Crippen LogP) is 3.61. The molecule has 1 aliphatic rings. The number of hydrogen-bond donors (Lipinski definition) is 1. The second-order valence-electron chi connectivity index (χ2n) is 6.88. The van der Waals surface area contributed by atoms with Gasteiger partial charge in [0.1, 0.15) is 0 Å². The lowest BCUT2D eigenvalue weighted by Crippen LogP contribution is -2.48. The minimum atomic E-state index is -0.0436. The third kappa shape index (κ3) is 5.08. The lowest BCUT2D eigenvalue weighted by molar-refractivity contribution is -0.117. The Labute approximate surface area is 164 Å². The van der Waals surface area contributed by atoms with Gasteiger partial charge in [0.15, 0.2) is 5.78 Å². The third-order valence-electron chi connectivity index (χ3n) is 4.83. The molecule has 6 heteroatoms. The van der Waals surface area contributed by atoms with Crippen molar-refractivity contribution in [3.8, 4) is 0 Å². The van der Waals surface area contributed by atoms with Gasteiger partial charge in [-0.25, -0.2) is 0 Å². The number of halogens is 1. The average molecular weight is 386 g/mol. The number of aryl methyl sites for hydroxylation is 1. The van der Waals surface area contributed by atoms with Gasteiger partial charge in [-0.3, -0.25) is 14.5 Å². The van der Waals surface area contributed by atoms with E-state index in [2.05, 4.69) is 22.0 Å². The second kappa shape index (κ2) is 8.55.